The molecule has 0 aromatic heterocycles. The summed E-state index contributed by atoms with van der Waals surface area (Å²) < 4.78 is 13.7. The lowest BCUT2D eigenvalue weighted by Crippen LogP contribution is -2.17. The number of hydrogen-bond acceptors (Lipinski definition) is 0. The minimum atomic E-state index is -0.202. The number of halogens is 3. The lowest BCUT2D eigenvalue weighted by molar-refractivity contribution is 0.330. The van der Waals surface area contributed by atoms with Crippen LogP contribution in [0.25, 0.3) is 0 Å². The molecular formula is C13H15Cl2F. The van der Waals surface area contributed by atoms with Crippen LogP contribution < -0.4 is 0 Å². The van der Waals surface area contributed by atoms with Crippen molar-refractivity contribution in [2.24, 2.45) is 5.41 Å². The average Bonchev–Trinajstić information content (AvgIpc) is 2.53. The van der Waals surface area contributed by atoms with Gasteiger partial charge in [-0.3, -0.25) is 0 Å². The van der Waals surface area contributed by atoms with Gasteiger partial charge in [-0.2, -0.15) is 0 Å². The van der Waals surface area contributed by atoms with E-state index in [0.717, 1.165) is 19.3 Å². The second-order valence-corrected chi connectivity index (χ2v) is 6.05. The SMILES string of the molecule is CC1(Cc2c(F)cccc2Cl)CCC(Cl)C1. The topological polar surface area (TPSA) is 0 Å². The van der Waals surface area contributed by atoms with E-state index in [0.29, 0.717) is 17.0 Å². The molecule has 0 amide bonds. The molecule has 3 heteroatoms. The van der Waals surface area contributed by atoms with Gasteiger partial charge < -0.3 is 0 Å². The molecule has 1 aromatic carbocycles. The van der Waals surface area contributed by atoms with Crippen molar-refractivity contribution in [3.8, 4) is 0 Å². The molecule has 1 saturated carbocycles. The first-order valence-electron chi connectivity index (χ1n) is 5.57. The van der Waals surface area contributed by atoms with Crippen LogP contribution >= 0.6 is 23.2 Å². The third-order valence-electron chi connectivity index (χ3n) is 3.44. The van der Waals surface area contributed by atoms with Crippen LogP contribution in [0.5, 0.6) is 0 Å². The Morgan fingerprint density at radius 2 is 2.25 bits per heavy atom. The maximum Gasteiger partial charge on any atom is 0.127 e. The number of hydrogen-bond donors (Lipinski definition) is 0. The van der Waals surface area contributed by atoms with Gasteiger partial charge in [0.15, 0.2) is 0 Å². The zero-order chi connectivity index (χ0) is 11.8. The minimum Gasteiger partial charge on any atom is -0.207 e. The molecule has 0 aliphatic heterocycles. The van der Waals surface area contributed by atoms with Crippen LogP contribution in [-0.2, 0) is 6.42 Å². The van der Waals surface area contributed by atoms with Crippen molar-refractivity contribution in [2.45, 2.75) is 38.0 Å². The van der Waals surface area contributed by atoms with E-state index >= 15 is 0 Å². The Labute approximate surface area is 106 Å². The van der Waals surface area contributed by atoms with E-state index in [1.165, 1.54) is 6.07 Å². The minimum absolute atomic E-state index is 0.0955. The largest absolute Gasteiger partial charge is 0.207 e. The summed E-state index contributed by atoms with van der Waals surface area (Å²) in [6, 6.07) is 4.86. The van der Waals surface area contributed by atoms with Crippen LogP contribution in [-0.4, -0.2) is 5.38 Å². The lowest BCUT2D eigenvalue weighted by Gasteiger charge is -2.24. The highest BCUT2D eigenvalue weighted by atomic mass is 35.5. The summed E-state index contributed by atoms with van der Waals surface area (Å²) in [5, 5.41) is 0.759. The molecule has 88 valence electrons. The Morgan fingerprint density at radius 1 is 1.50 bits per heavy atom. The molecule has 1 aromatic rings. The lowest BCUT2D eigenvalue weighted by atomic mass is 9.82. The predicted molar refractivity (Wildman–Crippen MR) is 66.7 cm³/mol. The first-order valence-corrected chi connectivity index (χ1v) is 6.39. The molecule has 16 heavy (non-hydrogen) atoms. The van der Waals surface area contributed by atoms with Crippen molar-refractivity contribution < 1.29 is 4.39 Å². The zero-order valence-corrected chi connectivity index (χ0v) is 10.8. The fourth-order valence-electron chi connectivity index (χ4n) is 2.53. The number of benzene rings is 1. The van der Waals surface area contributed by atoms with E-state index in [4.69, 9.17) is 23.2 Å². The van der Waals surface area contributed by atoms with Crippen molar-refractivity contribution in [3.63, 3.8) is 0 Å². The molecule has 0 N–H and O–H groups in total. The van der Waals surface area contributed by atoms with E-state index in [9.17, 15) is 4.39 Å². The Hall–Kier alpha value is -0.270. The van der Waals surface area contributed by atoms with Crippen molar-refractivity contribution in [1.29, 1.82) is 0 Å². The van der Waals surface area contributed by atoms with E-state index < -0.39 is 0 Å². The highest BCUT2D eigenvalue weighted by Crippen LogP contribution is 2.43. The number of rotatable bonds is 2. The third kappa shape index (κ3) is 2.52. The summed E-state index contributed by atoms with van der Waals surface area (Å²) >= 11 is 12.1. The molecule has 0 radical (unpaired) electrons. The highest BCUT2D eigenvalue weighted by molar-refractivity contribution is 6.31. The molecule has 2 rings (SSSR count). The second-order valence-electron chi connectivity index (χ2n) is 5.03. The fraction of sp³-hybridized carbons (Fsp3) is 0.538. The van der Waals surface area contributed by atoms with Crippen molar-refractivity contribution in [3.05, 3.63) is 34.6 Å². The molecule has 0 heterocycles. The predicted octanol–water partition coefficient (Wildman–Crippen LogP) is 4.82. The Kier molecular flexibility index (Phi) is 3.46. The quantitative estimate of drug-likeness (QED) is 0.669. The molecule has 1 aliphatic carbocycles. The summed E-state index contributed by atoms with van der Waals surface area (Å²) in [5.74, 6) is -0.202. The van der Waals surface area contributed by atoms with E-state index in [1.54, 1.807) is 12.1 Å². The zero-order valence-electron chi connectivity index (χ0n) is 9.27. The normalized spacial score (nSPS) is 29.6. The van der Waals surface area contributed by atoms with Gasteiger partial charge >= 0.3 is 0 Å². The van der Waals surface area contributed by atoms with Gasteiger partial charge in [-0.05, 0) is 43.2 Å². The molecule has 2 atom stereocenters. The molecule has 0 bridgehead atoms. The van der Waals surface area contributed by atoms with Gasteiger partial charge in [0.2, 0.25) is 0 Å². The molecule has 0 nitrogen and oxygen atoms in total. The van der Waals surface area contributed by atoms with E-state index in [-0.39, 0.29) is 16.6 Å². The second kappa shape index (κ2) is 4.54. The van der Waals surface area contributed by atoms with Gasteiger partial charge in [-0.15, -0.1) is 11.6 Å². The van der Waals surface area contributed by atoms with Gasteiger partial charge in [0.05, 0.1) is 0 Å². The first kappa shape index (κ1) is 12.2. The fourth-order valence-corrected chi connectivity index (χ4v) is 3.24. The summed E-state index contributed by atoms with van der Waals surface area (Å²) in [6.45, 7) is 2.16. The average molecular weight is 261 g/mol. The first-order chi connectivity index (χ1) is 7.50. The standard InChI is InChI=1S/C13H15Cl2F/c1-13(6-5-9(14)7-13)8-10-11(15)3-2-4-12(10)16/h2-4,9H,5-8H2,1H3. The molecule has 0 saturated heterocycles. The third-order valence-corrected chi connectivity index (χ3v) is 4.17. The Bertz CT molecular complexity index is 371. The van der Waals surface area contributed by atoms with Crippen LogP contribution in [0.4, 0.5) is 4.39 Å². The van der Waals surface area contributed by atoms with Gasteiger partial charge in [0.1, 0.15) is 5.82 Å². The van der Waals surface area contributed by atoms with Crippen LogP contribution in [0.15, 0.2) is 18.2 Å². The van der Waals surface area contributed by atoms with Gasteiger partial charge in [-0.1, -0.05) is 24.6 Å². The monoisotopic (exact) mass is 260 g/mol. The summed E-state index contributed by atoms with van der Waals surface area (Å²) in [5.41, 5.74) is 0.732. The highest BCUT2D eigenvalue weighted by Gasteiger charge is 2.35. The Balaban J connectivity index is 2.21. The van der Waals surface area contributed by atoms with Crippen molar-refractivity contribution in [1.82, 2.24) is 0 Å². The van der Waals surface area contributed by atoms with E-state index in [1.807, 2.05) is 0 Å². The van der Waals surface area contributed by atoms with Gasteiger partial charge in [0.25, 0.3) is 0 Å². The summed E-state index contributed by atoms with van der Waals surface area (Å²) in [6.07, 6.45) is 3.69. The number of alkyl halides is 1. The van der Waals surface area contributed by atoms with Crippen LogP contribution in [0.2, 0.25) is 5.02 Å². The molecular weight excluding hydrogens is 246 g/mol. The Morgan fingerprint density at radius 3 is 2.81 bits per heavy atom. The van der Waals surface area contributed by atoms with E-state index in [2.05, 4.69) is 6.92 Å². The van der Waals surface area contributed by atoms with Crippen LogP contribution in [0.1, 0.15) is 31.7 Å². The summed E-state index contributed by atoms with van der Waals surface area (Å²) in [4.78, 5) is 0. The van der Waals surface area contributed by atoms with Crippen LogP contribution in [0.3, 0.4) is 0 Å². The van der Waals surface area contributed by atoms with Gasteiger partial charge in [-0.25, -0.2) is 4.39 Å². The molecule has 1 aliphatic rings. The van der Waals surface area contributed by atoms with Crippen LogP contribution in [0, 0.1) is 11.2 Å². The molecule has 0 spiro atoms. The van der Waals surface area contributed by atoms with Gasteiger partial charge in [0, 0.05) is 16.0 Å². The summed E-state index contributed by atoms with van der Waals surface area (Å²) in [7, 11) is 0. The van der Waals surface area contributed by atoms with Crippen molar-refractivity contribution >= 4 is 23.2 Å². The maximum absolute atomic E-state index is 13.7. The molecule has 1 fully saturated rings. The maximum atomic E-state index is 13.7. The van der Waals surface area contributed by atoms with Crippen molar-refractivity contribution in [2.75, 3.05) is 0 Å². The smallest absolute Gasteiger partial charge is 0.127 e. The molecule has 2 unspecified atom stereocenters.